The number of methoxy groups -OCH3 is 1. The van der Waals surface area contributed by atoms with Gasteiger partial charge in [0.25, 0.3) is 0 Å². The zero-order chi connectivity index (χ0) is 13.0. The van der Waals surface area contributed by atoms with Crippen LogP contribution in [0.15, 0.2) is 48.7 Å². The Morgan fingerprint density at radius 2 is 2.11 bits per heavy atom. The normalized spacial score (nSPS) is 11.8. The lowest BCUT2D eigenvalue weighted by Crippen LogP contribution is -2.14. The van der Waals surface area contributed by atoms with Gasteiger partial charge in [-0.2, -0.15) is 0 Å². The summed E-state index contributed by atoms with van der Waals surface area (Å²) in [7, 11) is 1.55. The van der Waals surface area contributed by atoms with E-state index in [0.29, 0.717) is 17.0 Å². The Balaban J connectivity index is 2.45. The summed E-state index contributed by atoms with van der Waals surface area (Å²) in [5, 5.41) is 9.36. The Hall–Kier alpha value is -2.36. The summed E-state index contributed by atoms with van der Waals surface area (Å²) in [5.74, 6) is -1.07. The van der Waals surface area contributed by atoms with Gasteiger partial charge in [-0.15, -0.1) is 0 Å². The van der Waals surface area contributed by atoms with Gasteiger partial charge in [0.15, 0.2) is 0 Å². The van der Waals surface area contributed by atoms with Crippen LogP contribution in [0.2, 0.25) is 0 Å². The van der Waals surface area contributed by atoms with E-state index in [0.717, 1.165) is 0 Å². The second-order valence-electron chi connectivity index (χ2n) is 3.80. The minimum Gasteiger partial charge on any atom is -0.497 e. The molecule has 0 spiro atoms. The molecule has 0 saturated heterocycles. The summed E-state index contributed by atoms with van der Waals surface area (Å²) in [6.45, 7) is 0. The van der Waals surface area contributed by atoms with Gasteiger partial charge in [0.05, 0.1) is 12.8 Å². The first kappa shape index (κ1) is 12.1. The van der Waals surface area contributed by atoms with Gasteiger partial charge < -0.3 is 9.84 Å². The Labute approximate surface area is 105 Å². The van der Waals surface area contributed by atoms with Crippen LogP contribution in [0.4, 0.5) is 0 Å². The van der Waals surface area contributed by atoms with Crippen molar-refractivity contribution in [2.75, 3.05) is 7.11 Å². The Morgan fingerprint density at radius 1 is 1.28 bits per heavy atom. The SMILES string of the molecule is COc1cccc(C(C(=O)O)c2ccccn2)c1. The number of hydrogen-bond acceptors (Lipinski definition) is 3. The summed E-state index contributed by atoms with van der Waals surface area (Å²) >= 11 is 0. The van der Waals surface area contributed by atoms with E-state index in [1.165, 1.54) is 0 Å². The number of carbonyl (C=O) groups is 1. The Bertz CT molecular complexity index is 540. The second kappa shape index (κ2) is 5.31. The van der Waals surface area contributed by atoms with E-state index < -0.39 is 11.9 Å². The number of ether oxygens (including phenoxy) is 1. The average molecular weight is 243 g/mol. The van der Waals surface area contributed by atoms with Crippen LogP contribution >= 0.6 is 0 Å². The minimum atomic E-state index is -0.929. The van der Waals surface area contributed by atoms with Crippen LogP contribution in [0.1, 0.15) is 17.2 Å². The van der Waals surface area contributed by atoms with Crippen LogP contribution < -0.4 is 4.74 Å². The molecule has 1 atom stereocenters. The Kier molecular flexibility index (Phi) is 3.57. The quantitative estimate of drug-likeness (QED) is 0.895. The fourth-order valence-electron chi connectivity index (χ4n) is 1.81. The number of nitrogens with zero attached hydrogens (tertiary/aromatic N) is 1. The van der Waals surface area contributed by atoms with E-state index in [9.17, 15) is 9.90 Å². The number of rotatable bonds is 4. The van der Waals surface area contributed by atoms with Gasteiger partial charge in [-0.1, -0.05) is 18.2 Å². The largest absolute Gasteiger partial charge is 0.497 e. The van der Waals surface area contributed by atoms with Crippen molar-refractivity contribution >= 4 is 5.97 Å². The predicted octanol–water partition coefficient (Wildman–Crippen LogP) is 2.31. The monoisotopic (exact) mass is 243 g/mol. The molecule has 0 amide bonds. The Morgan fingerprint density at radius 3 is 2.72 bits per heavy atom. The maximum absolute atomic E-state index is 11.4. The van der Waals surface area contributed by atoms with Crippen molar-refractivity contribution in [3.63, 3.8) is 0 Å². The summed E-state index contributed by atoms with van der Waals surface area (Å²) in [5.41, 5.74) is 1.17. The fourth-order valence-corrected chi connectivity index (χ4v) is 1.81. The van der Waals surface area contributed by atoms with Gasteiger partial charge in [0, 0.05) is 6.20 Å². The highest BCUT2D eigenvalue weighted by atomic mass is 16.5. The first-order valence-electron chi connectivity index (χ1n) is 5.50. The van der Waals surface area contributed by atoms with Crippen molar-refractivity contribution in [1.82, 2.24) is 4.98 Å². The smallest absolute Gasteiger partial charge is 0.317 e. The van der Waals surface area contributed by atoms with Crippen molar-refractivity contribution in [1.29, 1.82) is 0 Å². The topological polar surface area (TPSA) is 59.4 Å². The number of carboxylic acid groups (broad SMARTS) is 1. The minimum absolute atomic E-state index is 0.512. The molecule has 2 rings (SSSR count). The maximum Gasteiger partial charge on any atom is 0.317 e. The molecule has 18 heavy (non-hydrogen) atoms. The highest BCUT2D eigenvalue weighted by Gasteiger charge is 2.23. The molecule has 4 nitrogen and oxygen atoms in total. The van der Waals surface area contributed by atoms with Gasteiger partial charge in [0.2, 0.25) is 0 Å². The first-order chi connectivity index (χ1) is 8.72. The molecule has 4 heteroatoms. The summed E-state index contributed by atoms with van der Waals surface area (Å²) < 4.78 is 5.11. The molecule has 1 unspecified atom stereocenters. The van der Waals surface area contributed by atoms with Crippen molar-refractivity contribution in [2.24, 2.45) is 0 Å². The molecular formula is C14H13NO3. The molecule has 1 aromatic carbocycles. The van der Waals surface area contributed by atoms with Crippen LogP contribution in [0.5, 0.6) is 5.75 Å². The average Bonchev–Trinajstić information content (AvgIpc) is 2.40. The number of aromatic nitrogens is 1. The molecule has 0 bridgehead atoms. The second-order valence-corrected chi connectivity index (χ2v) is 3.80. The number of pyridine rings is 1. The third-order valence-corrected chi connectivity index (χ3v) is 2.66. The van der Waals surface area contributed by atoms with E-state index in [1.807, 2.05) is 0 Å². The van der Waals surface area contributed by atoms with E-state index in [1.54, 1.807) is 55.8 Å². The van der Waals surface area contributed by atoms with Gasteiger partial charge in [-0.3, -0.25) is 9.78 Å². The van der Waals surface area contributed by atoms with Crippen molar-refractivity contribution in [3.05, 3.63) is 59.9 Å². The molecule has 0 fully saturated rings. The number of aliphatic carboxylic acids is 1. The maximum atomic E-state index is 11.4. The number of hydrogen-bond donors (Lipinski definition) is 1. The standard InChI is InChI=1S/C14H13NO3/c1-18-11-6-4-5-10(9-11)13(14(16)17)12-7-2-3-8-15-12/h2-9,13H,1H3,(H,16,17). The first-order valence-corrected chi connectivity index (χ1v) is 5.50. The summed E-state index contributed by atoms with van der Waals surface area (Å²) in [6.07, 6.45) is 1.59. The molecule has 0 aliphatic carbocycles. The highest BCUT2D eigenvalue weighted by Crippen LogP contribution is 2.26. The van der Waals surface area contributed by atoms with Gasteiger partial charge >= 0.3 is 5.97 Å². The van der Waals surface area contributed by atoms with E-state index in [2.05, 4.69) is 4.98 Å². The van der Waals surface area contributed by atoms with Crippen molar-refractivity contribution in [2.45, 2.75) is 5.92 Å². The molecular weight excluding hydrogens is 230 g/mol. The molecule has 92 valence electrons. The lowest BCUT2D eigenvalue weighted by atomic mass is 9.95. The zero-order valence-corrected chi connectivity index (χ0v) is 9.91. The number of carboxylic acids is 1. The van der Waals surface area contributed by atoms with Crippen LogP contribution in [0.3, 0.4) is 0 Å². The lowest BCUT2D eigenvalue weighted by Gasteiger charge is -2.13. The predicted molar refractivity (Wildman–Crippen MR) is 66.7 cm³/mol. The van der Waals surface area contributed by atoms with E-state index >= 15 is 0 Å². The molecule has 1 aromatic heterocycles. The van der Waals surface area contributed by atoms with Crippen LogP contribution in [-0.2, 0) is 4.79 Å². The molecule has 0 aliphatic heterocycles. The third-order valence-electron chi connectivity index (χ3n) is 2.66. The molecule has 1 heterocycles. The zero-order valence-electron chi connectivity index (χ0n) is 9.91. The van der Waals surface area contributed by atoms with Gasteiger partial charge in [0.1, 0.15) is 11.7 Å². The molecule has 1 N–H and O–H groups in total. The number of benzene rings is 1. The van der Waals surface area contributed by atoms with Crippen LogP contribution in [0, 0.1) is 0 Å². The molecule has 0 aliphatic rings. The molecule has 0 radical (unpaired) electrons. The summed E-state index contributed by atoms with van der Waals surface area (Å²) in [4.78, 5) is 15.5. The fraction of sp³-hybridized carbons (Fsp3) is 0.143. The van der Waals surface area contributed by atoms with Crippen molar-refractivity contribution < 1.29 is 14.6 Å². The van der Waals surface area contributed by atoms with Crippen LogP contribution in [-0.4, -0.2) is 23.2 Å². The van der Waals surface area contributed by atoms with E-state index in [-0.39, 0.29) is 0 Å². The molecule has 0 saturated carbocycles. The van der Waals surface area contributed by atoms with Crippen LogP contribution in [0.25, 0.3) is 0 Å². The van der Waals surface area contributed by atoms with Crippen molar-refractivity contribution in [3.8, 4) is 5.75 Å². The lowest BCUT2D eigenvalue weighted by molar-refractivity contribution is -0.137. The van der Waals surface area contributed by atoms with E-state index in [4.69, 9.17) is 4.74 Å². The molecule has 2 aromatic rings. The summed E-state index contributed by atoms with van der Waals surface area (Å²) in [6, 6.07) is 12.3. The third kappa shape index (κ3) is 2.48. The van der Waals surface area contributed by atoms with Gasteiger partial charge in [-0.05, 0) is 29.8 Å². The van der Waals surface area contributed by atoms with Gasteiger partial charge in [-0.25, -0.2) is 0 Å². The highest BCUT2D eigenvalue weighted by molar-refractivity contribution is 5.79.